The van der Waals surface area contributed by atoms with Crippen LogP contribution in [0, 0.1) is 5.41 Å². The predicted octanol–water partition coefficient (Wildman–Crippen LogP) is 2.72. The van der Waals surface area contributed by atoms with Crippen LogP contribution >= 0.6 is 0 Å². The number of carbonyl (C=O) groups is 3. The van der Waals surface area contributed by atoms with Gasteiger partial charge in [-0.15, -0.1) is 0 Å². The van der Waals surface area contributed by atoms with E-state index in [0.717, 1.165) is 31.4 Å². The van der Waals surface area contributed by atoms with Crippen molar-refractivity contribution in [2.45, 2.75) is 51.4 Å². The molecule has 0 radical (unpaired) electrons. The molecule has 2 aliphatic heterocycles. The van der Waals surface area contributed by atoms with Crippen molar-refractivity contribution in [1.82, 2.24) is 9.80 Å². The number of likely N-dealkylation sites (N-methyl/N-ethyl adjacent to an activating group) is 1. The number of amides is 2. The lowest BCUT2D eigenvalue weighted by molar-refractivity contribution is -0.148. The number of carboxylic acids is 1. The highest BCUT2D eigenvalue weighted by molar-refractivity contribution is 5.84. The van der Waals surface area contributed by atoms with E-state index >= 15 is 0 Å². The smallest absolute Gasteiger partial charge is 0.303 e. The molecular weight excluding hydrogens is 384 g/mol. The molecule has 1 aromatic carbocycles. The number of carbonyl (C=O) groups excluding carboxylic acids is 2. The van der Waals surface area contributed by atoms with Crippen molar-refractivity contribution >= 4 is 17.8 Å². The number of rotatable bonds is 3. The predicted molar refractivity (Wildman–Crippen MR) is 112 cm³/mol. The number of aryl methyl sites for hydroxylation is 1. The van der Waals surface area contributed by atoms with Crippen LogP contribution in [0.25, 0.3) is 0 Å². The average molecular weight is 417 g/mol. The van der Waals surface area contributed by atoms with E-state index in [0.29, 0.717) is 39.1 Å². The molecule has 0 unspecified atom stereocenters. The Morgan fingerprint density at radius 2 is 1.80 bits per heavy atom. The van der Waals surface area contributed by atoms with Gasteiger partial charge in [0.1, 0.15) is 12.4 Å². The van der Waals surface area contributed by atoms with Crippen LogP contribution < -0.4 is 4.74 Å². The number of fused-ring (bicyclic) bond motifs is 1. The van der Waals surface area contributed by atoms with Gasteiger partial charge in [0.25, 0.3) is 0 Å². The number of para-hydroxylation sites is 1. The SMILES string of the molecule is CN1CCOc2ccccc2CCCCC2(CCN(C(=O)CCC(=O)O)CC2)C1=O. The molecule has 1 spiro atoms. The lowest BCUT2D eigenvalue weighted by Gasteiger charge is -2.43. The van der Waals surface area contributed by atoms with Crippen LogP contribution in [0.2, 0.25) is 0 Å². The van der Waals surface area contributed by atoms with E-state index in [1.165, 1.54) is 5.56 Å². The molecule has 0 aliphatic carbocycles. The molecule has 7 heteroatoms. The Kier molecular flexibility index (Phi) is 7.34. The van der Waals surface area contributed by atoms with Gasteiger partial charge >= 0.3 is 5.97 Å². The topological polar surface area (TPSA) is 87.2 Å². The van der Waals surface area contributed by atoms with Gasteiger partial charge < -0.3 is 19.6 Å². The number of ether oxygens (including phenoxy) is 1. The van der Waals surface area contributed by atoms with Crippen LogP contribution in [0.4, 0.5) is 0 Å². The summed E-state index contributed by atoms with van der Waals surface area (Å²) >= 11 is 0. The van der Waals surface area contributed by atoms with Crippen molar-refractivity contribution in [1.29, 1.82) is 0 Å². The fraction of sp³-hybridized carbons (Fsp3) is 0.609. The summed E-state index contributed by atoms with van der Waals surface area (Å²) in [6.45, 7) is 2.00. The molecular formula is C23H32N2O5. The fourth-order valence-electron chi connectivity index (χ4n) is 4.56. The van der Waals surface area contributed by atoms with Gasteiger partial charge in [-0.25, -0.2) is 0 Å². The highest BCUT2D eigenvalue weighted by Gasteiger charge is 2.43. The minimum Gasteiger partial charge on any atom is -0.491 e. The molecule has 164 valence electrons. The van der Waals surface area contributed by atoms with Gasteiger partial charge in [-0.2, -0.15) is 0 Å². The first-order valence-electron chi connectivity index (χ1n) is 10.9. The van der Waals surface area contributed by atoms with E-state index in [4.69, 9.17) is 9.84 Å². The number of hydrogen-bond acceptors (Lipinski definition) is 4. The minimum absolute atomic E-state index is 0.0208. The summed E-state index contributed by atoms with van der Waals surface area (Å²) in [4.78, 5) is 39.9. The minimum atomic E-state index is -0.961. The number of benzene rings is 1. The molecule has 2 aliphatic rings. The van der Waals surface area contributed by atoms with E-state index in [9.17, 15) is 14.4 Å². The summed E-state index contributed by atoms with van der Waals surface area (Å²) < 4.78 is 5.95. The van der Waals surface area contributed by atoms with Gasteiger partial charge in [-0.05, 0) is 43.7 Å². The van der Waals surface area contributed by atoms with Crippen molar-refractivity contribution in [3.63, 3.8) is 0 Å². The molecule has 7 nitrogen and oxygen atoms in total. The zero-order valence-electron chi connectivity index (χ0n) is 17.8. The van der Waals surface area contributed by atoms with E-state index in [2.05, 4.69) is 6.07 Å². The quantitative estimate of drug-likeness (QED) is 0.819. The largest absolute Gasteiger partial charge is 0.491 e. The second-order valence-electron chi connectivity index (χ2n) is 8.44. The lowest BCUT2D eigenvalue weighted by atomic mass is 9.73. The summed E-state index contributed by atoms with van der Waals surface area (Å²) in [6, 6.07) is 8.09. The number of hydrogen-bond donors (Lipinski definition) is 1. The normalized spacial score (nSPS) is 20.0. The number of likely N-dealkylation sites (tertiary alicyclic amines) is 1. The Morgan fingerprint density at radius 3 is 2.53 bits per heavy atom. The van der Waals surface area contributed by atoms with Gasteiger partial charge in [0, 0.05) is 26.6 Å². The molecule has 1 N–H and O–H groups in total. The zero-order valence-corrected chi connectivity index (χ0v) is 17.8. The molecule has 30 heavy (non-hydrogen) atoms. The van der Waals surface area contributed by atoms with Gasteiger partial charge in [0.2, 0.25) is 11.8 Å². The first kappa shape index (κ1) is 22.1. The van der Waals surface area contributed by atoms with Crippen LogP contribution in [0.15, 0.2) is 24.3 Å². The Hall–Kier alpha value is -2.57. The number of piperidine rings is 1. The maximum atomic E-state index is 13.4. The summed E-state index contributed by atoms with van der Waals surface area (Å²) in [6.07, 6.45) is 4.81. The van der Waals surface area contributed by atoms with Crippen molar-refractivity contribution in [2.75, 3.05) is 33.3 Å². The summed E-state index contributed by atoms with van der Waals surface area (Å²) in [7, 11) is 1.83. The average Bonchev–Trinajstić information content (AvgIpc) is 2.75. The second-order valence-corrected chi connectivity index (χ2v) is 8.44. The number of nitrogens with zero attached hydrogens (tertiary/aromatic N) is 2. The maximum Gasteiger partial charge on any atom is 0.303 e. The van der Waals surface area contributed by atoms with E-state index in [1.54, 1.807) is 9.80 Å². The van der Waals surface area contributed by atoms with E-state index in [1.807, 2.05) is 25.2 Å². The Bertz CT molecular complexity index is 771. The lowest BCUT2D eigenvalue weighted by Crippen LogP contribution is -2.51. The molecule has 1 fully saturated rings. The van der Waals surface area contributed by atoms with Crippen molar-refractivity contribution < 1.29 is 24.2 Å². The Labute approximate surface area is 178 Å². The third-order valence-electron chi connectivity index (χ3n) is 6.43. The third-order valence-corrected chi connectivity index (χ3v) is 6.43. The van der Waals surface area contributed by atoms with Crippen LogP contribution in [0.3, 0.4) is 0 Å². The number of carboxylic acid groups (broad SMARTS) is 1. The molecule has 0 bridgehead atoms. The first-order chi connectivity index (χ1) is 14.4. The Balaban J connectivity index is 1.66. The summed E-state index contributed by atoms with van der Waals surface area (Å²) in [5.74, 6) is -0.0534. The van der Waals surface area contributed by atoms with Crippen LogP contribution in [-0.4, -0.2) is 66.0 Å². The van der Waals surface area contributed by atoms with Crippen LogP contribution in [0.5, 0.6) is 5.75 Å². The maximum absolute atomic E-state index is 13.4. The molecule has 1 aromatic rings. The molecule has 1 saturated heterocycles. The highest BCUT2D eigenvalue weighted by Crippen LogP contribution is 2.39. The number of aliphatic carboxylic acids is 1. The van der Waals surface area contributed by atoms with Crippen molar-refractivity contribution in [2.24, 2.45) is 5.41 Å². The summed E-state index contributed by atoms with van der Waals surface area (Å²) in [5, 5.41) is 8.80. The molecule has 2 amide bonds. The van der Waals surface area contributed by atoms with Gasteiger partial charge in [-0.1, -0.05) is 24.6 Å². The zero-order chi connectivity index (χ0) is 21.6. The monoisotopic (exact) mass is 416 g/mol. The van der Waals surface area contributed by atoms with Crippen molar-refractivity contribution in [3.8, 4) is 5.75 Å². The first-order valence-corrected chi connectivity index (χ1v) is 10.9. The molecule has 0 saturated carbocycles. The van der Waals surface area contributed by atoms with Crippen LogP contribution in [-0.2, 0) is 20.8 Å². The highest BCUT2D eigenvalue weighted by atomic mass is 16.5. The molecule has 2 heterocycles. The van der Waals surface area contributed by atoms with Crippen molar-refractivity contribution in [3.05, 3.63) is 29.8 Å². The third kappa shape index (κ3) is 5.32. The molecule has 0 aromatic heterocycles. The van der Waals surface area contributed by atoms with Gasteiger partial charge in [0.15, 0.2) is 0 Å². The summed E-state index contributed by atoms with van der Waals surface area (Å²) in [5.41, 5.74) is 0.761. The van der Waals surface area contributed by atoms with Crippen LogP contribution in [0.1, 0.15) is 50.5 Å². The second kappa shape index (κ2) is 9.96. The molecule has 3 rings (SSSR count). The van der Waals surface area contributed by atoms with E-state index < -0.39 is 11.4 Å². The standard InChI is InChI=1S/C23H32N2O5/c1-24-16-17-30-19-8-3-2-6-18(19)7-4-5-11-23(22(24)29)12-14-25(15-13-23)20(26)9-10-21(27)28/h2-3,6,8H,4-5,7,9-17H2,1H3,(H,27,28). The molecule has 0 atom stereocenters. The van der Waals surface area contributed by atoms with E-state index in [-0.39, 0.29) is 24.7 Å². The van der Waals surface area contributed by atoms with Gasteiger partial charge in [-0.3, -0.25) is 14.4 Å². The van der Waals surface area contributed by atoms with Gasteiger partial charge in [0.05, 0.1) is 18.4 Å². The fourth-order valence-corrected chi connectivity index (χ4v) is 4.56. The Morgan fingerprint density at radius 1 is 1.07 bits per heavy atom.